The summed E-state index contributed by atoms with van der Waals surface area (Å²) in [5.74, 6) is 3.57. The van der Waals surface area contributed by atoms with Crippen LogP contribution < -0.4 is 18.9 Å². The van der Waals surface area contributed by atoms with Crippen molar-refractivity contribution in [1.29, 1.82) is 0 Å². The molecule has 8 aromatic rings. The molecule has 2 aliphatic rings. The number of ether oxygens (including phenoxy) is 8. The highest BCUT2D eigenvalue weighted by atomic mass is 16.5. The zero-order valence-electron chi connectivity index (χ0n) is 46.6. The molecule has 79 heavy (non-hydrogen) atoms. The van der Waals surface area contributed by atoms with E-state index in [0.717, 1.165) is 33.8 Å². The van der Waals surface area contributed by atoms with Gasteiger partial charge in [-0.15, -0.1) is 0 Å². The van der Waals surface area contributed by atoms with Crippen molar-refractivity contribution >= 4 is 22.3 Å². The molecular formula is C69H74O10. The monoisotopic (exact) mass is 1060 g/mol. The van der Waals surface area contributed by atoms with E-state index in [4.69, 9.17) is 37.9 Å². The lowest BCUT2D eigenvalue weighted by molar-refractivity contribution is 0.100. The smallest absolute Gasteiger partial charge is 0.159 e. The predicted octanol–water partition coefficient (Wildman–Crippen LogP) is 14.3. The van der Waals surface area contributed by atoms with Crippen LogP contribution in [0.3, 0.4) is 0 Å². The number of carbonyl (C=O) groups excluding carboxylic acids is 2. The zero-order chi connectivity index (χ0) is 55.5. The van der Waals surface area contributed by atoms with Gasteiger partial charge in [-0.3, -0.25) is 9.59 Å². The van der Waals surface area contributed by atoms with Gasteiger partial charge in [0, 0.05) is 45.0 Å². The first kappa shape index (κ1) is 57.6. The maximum Gasteiger partial charge on any atom is 0.159 e. The lowest BCUT2D eigenvalue weighted by atomic mass is 9.65. The third kappa shape index (κ3) is 13.8. The van der Waals surface area contributed by atoms with Crippen LogP contribution in [0.2, 0.25) is 0 Å². The Labute approximate surface area is 466 Å². The largest absolute Gasteiger partial charge is 0.491 e. The minimum absolute atomic E-state index is 0.0533. The molecule has 0 aliphatic heterocycles. The number of methoxy groups -OCH3 is 4. The van der Waals surface area contributed by atoms with Crippen molar-refractivity contribution in [3.63, 3.8) is 0 Å². The van der Waals surface area contributed by atoms with Crippen molar-refractivity contribution < 1.29 is 47.5 Å². The molecule has 0 amide bonds. The Hall–Kier alpha value is -7.60. The summed E-state index contributed by atoms with van der Waals surface area (Å²) in [6, 6.07) is 62.7. The average Bonchev–Trinajstić information content (AvgIpc) is 3.50. The molecule has 10 rings (SSSR count). The summed E-state index contributed by atoms with van der Waals surface area (Å²) in [5.41, 5.74) is 11.3. The van der Waals surface area contributed by atoms with Crippen LogP contribution in [0, 0.1) is 0 Å². The Bertz CT molecular complexity index is 2990. The van der Waals surface area contributed by atoms with E-state index in [-0.39, 0.29) is 17.0 Å². The van der Waals surface area contributed by atoms with Crippen LogP contribution in [-0.4, -0.2) is 92.9 Å². The summed E-state index contributed by atoms with van der Waals surface area (Å²) in [7, 11) is 6.73. The molecule has 10 nitrogen and oxygen atoms in total. The average molecular weight is 1060 g/mol. The lowest BCUT2D eigenvalue weighted by Crippen LogP contribution is -2.30. The van der Waals surface area contributed by atoms with Crippen LogP contribution in [-0.2, 0) is 29.8 Å². The minimum Gasteiger partial charge on any atom is -0.491 e. The summed E-state index contributed by atoms with van der Waals surface area (Å²) >= 11 is 0. The van der Waals surface area contributed by atoms with E-state index in [1.54, 1.807) is 54.4 Å². The molecule has 0 saturated heterocycles. The molecule has 0 heterocycles. The van der Waals surface area contributed by atoms with Crippen molar-refractivity contribution in [2.24, 2.45) is 0 Å². The number of hydrogen-bond acceptors (Lipinski definition) is 10. The van der Waals surface area contributed by atoms with E-state index in [2.05, 4.69) is 146 Å². The number of ketones is 2. The molecule has 0 bridgehead atoms. The van der Waals surface area contributed by atoms with Gasteiger partial charge in [-0.1, -0.05) is 141 Å². The summed E-state index contributed by atoms with van der Waals surface area (Å²) < 4.78 is 43.5. The molecule has 0 spiro atoms. The van der Waals surface area contributed by atoms with Crippen molar-refractivity contribution in [2.45, 2.75) is 56.8 Å². The Morgan fingerprint density at radius 2 is 0.684 bits per heavy atom. The SMILES string of the molecule is CC(=O)c1ccc2cc(C(C)=O)ccc2c1.COCCOc1ccc(C2(c3ccc(OCCOC)cc3)CCCCC2)cc1.COCCOc1ccc(C2(c3ccc(OCCOC)cc3)c3ccccc3-c3ccccc32)cc1. The fraction of sp³-hybridized carbons (Fsp3) is 0.304. The topological polar surface area (TPSA) is 108 Å². The van der Waals surface area contributed by atoms with Gasteiger partial charge in [0.05, 0.1) is 31.8 Å². The van der Waals surface area contributed by atoms with E-state index in [9.17, 15) is 9.59 Å². The third-order valence-electron chi connectivity index (χ3n) is 14.9. The van der Waals surface area contributed by atoms with E-state index >= 15 is 0 Å². The molecule has 0 aromatic heterocycles. The number of hydrogen-bond donors (Lipinski definition) is 0. The molecule has 0 unspecified atom stereocenters. The number of fused-ring (bicyclic) bond motifs is 4. The number of Topliss-reactive ketones (excluding diaryl/α,β-unsaturated/α-hetero) is 2. The molecule has 1 fully saturated rings. The maximum absolute atomic E-state index is 11.2. The molecule has 10 heteroatoms. The minimum atomic E-state index is -0.441. The summed E-state index contributed by atoms with van der Waals surface area (Å²) in [5, 5.41) is 1.97. The quantitative estimate of drug-likeness (QED) is 0.0481. The van der Waals surface area contributed by atoms with Crippen LogP contribution in [0.1, 0.15) is 100 Å². The Morgan fingerprint density at radius 1 is 0.367 bits per heavy atom. The van der Waals surface area contributed by atoms with Crippen LogP contribution in [0.4, 0.5) is 0 Å². The second-order valence-electron chi connectivity index (χ2n) is 19.8. The number of rotatable bonds is 22. The first-order valence-corrected chi connectivity index (χ1v) is 27.3. The predicted molar refractivity (Wildman–Crippen MR) is 314 cm³/mol. The molecule has 0 atom stereocenters. The van der Waals surface area contributed by atoms with Gasteiger partial charge in [-0.05, 0) is 143 Å². The van der Waals surface area contributed by atoms with Crippen LogP contribution in [0.5, 0.6) is 23.0 Å². The Balaban J connectivity index is 0.000000167. The molecule has 2 aliphatic carbocycles. The molecule has 0 radical (unpaired) electrons. The van der Waals surface area contributed by atoms with Gasteiger partial charge in [-0.25, -0.2) is 0 Å². The number of carbonyl (C=O) groups is 2. The zero-order valence-corrected chi connectivity index (χ0v) is 46.6. The highest BCUT2D eigenvalue weighted by molar-refractivity contribution is 6.01. The second kappa shape index (κ2) is 28.3. The van der Waals surface area contributed by atoms with Crippen LogP contribution >= 0.6 is 0 Å². The van der Waals surface area contributed by atoms with E-state index in [1.165, 1.54) is 76.6 Å². The first-order valence-electron chi connectivity index (χ1n) is 27.3. The number of benzene rings is 8. The fourth-order valence-corrected chi connectivity index (χ4v) is 10.9. The maximum atomic E-state index is 11.2. The second-order valence-corrected chi connectivity index (χ2v) is 19.8. The van der Waals surface area contributed by atoms with E-state index in [1.807, 2.05) is 24.3 Å². The van der Waals surface area contributed by atoms with Crippen molar-refractivity contribution in [2.75, 3.05) is 81.3 Å². The van der Waals surface area contributed by atoms with Crippen molar-refractivity contribution in [3.8, 4) is 34.1 Å². The van der Waals surface area contributed by atoms with Crippen LogP contribution in [0.15, 0.2) is 182 Å². The van der Waals surface area contributed by atoms with Gasteiger partial charge < -0.3 is 37.9 Å². The standard InChI is InChI=1S/C31H30O4.C24H32O4.C14H12O2/c1-32-19-21-34-25-15-11-23(12-16-25)31(24-13-17-26(18-14-24)35-22-20-33-2)29-9-5-3-7-27(29)28-8-4-6-10-30(28)31;1-25-16-18-27-22-10-6-20(7-11-22)24(14-4-3-5-15-24)21-8-12-23(13-9-21)28-19-17-26-2;1-9(15)11-3-5-14-8-12(10(2)16)4-6-13(14)7-11/h3-18H,19-22H2,1-2H3;6-13H,3-5,14-19H2,1-2H3;3-8H,1-2H3. The van der Waals surface area contributed by atoms with Gasteiger partial charge >= 0.3 is 0 Å². The van der Waals surface area contributed by atoms with Crippen molar-refractivity contribution in [3.05, 3.63) is 226 Å². The highest BCUT2D eigenvalue weighted by Gasteiger charge is 2.46. The molecule has 1 saturated carbocycles. The summed E-state index contributed by atoms with van der Waals surface area (Å²) in [6.07, 6.45) is 6.20. The highest BCUT2D eigenvalue weighted by Crippen LogP contribution is 2.56. The molecule has 8 aromatic carbocycles. The van der Waals surface area contributed by atoms with Crippen molar-refractivity contribution in [1.82, 2.24) is 0 Å². The summed E-state index contributed by atoms with van der Waals surface area (Å²) in [4.78, 5) is 22.4. The first-order chi connectivity index (χ1) is 38.6. The normalized spacial score (nSPS) is 13.6. The fourth-order valence-electron chi connectivity index (χ4n) is 10.9. The van der Waals surface area contributed by atoms with Crippen LogP contribution in [0.25, 0.3) is 21.9 Å². The lowest BCUT2D eigenvalue weighted by Gasteiger charge is -2.38. The molecular weight excluding hydrogens is 989 g/mol. The van der Waals surface area contributed by atoms with Gasteiger partial charge in [0.2, 0.25) is 0 Å². The van der Waals surface area contributed by atoms with Gasteiger partial charge in [0.1, 0.15) is 49.4 Å². The molecule has 0 N–H and O–H groups in total. The Kier molecular flexibility index (Phi) is 20.6. The molecule has 410 valence electrons. The van der Waals surface area contributed by atoms with Gasteiger partial charge in [0.15, 0.2) is 11.6 Å². The third-order valence-corrected chi connectivity index (χ3v) is 14.9. The van der Waals surface area contributed by atoms with E-state index in [0.29, 0.717) is 64.0 Å². The van der Waals surface area contributed by atoms with Gasteiger partial charge in [-0.2, -0.15) is 0 Å². The van der Waals surface area contributed by atoms with E-state index < -0.39 is 5.41 Å². The summed E-state index contributed by atoms with van der Waals surface area (Å²) in [6.45, 7) is 7.62. The van der Waals surface area contributed by atoms with Gasteiger partial charge in [0.25, 0.3) is 0 Å². The Morgan fingerprint density at radius 3 is 1.00 bits per heavy atom.